The van der Waals surface area contributed by atoms with E-state index >= 15 is 0 Å². The summed E-state index contributed by atoms with van der Waals surface area (Å²) < 4.78 is 5.87. The van der Waals surface area contributed by atoms with Gasteiger partial charge in [0.25, 0.3) is 0 Å². The molecule has 0 aliphatic rings. The van der Waals surface area contributed by atoms with Crippen molar-refractivity contribution in [3.05, 3.63) is 44.9 Å². The summed E-state index contributed by atoms with van der Waals surface area (Å²) in [7, 11) is 0. The summed E-state index contributed by atoms with van der Waals surface area (Å²) in [6, 6.07) is 6.27. The van der Waals surface area contributed by atoms with Gasteiger partial charge in [-0.05, 0) is 31.9 Å². The van der Waals surface area contributed by atoms with Crippen molar-refractivity contribution in [2.24, 2.45) is 5.73 Å². The molecular formula is C17H24N2OS. The molecule has 1 heterocycles. The highest BCUT2D eigenvalue weighted by atomic mass is 32.1. The van der Waals surface area contributed by atoms with Gasteiger partial charge in [0.1, 0.15) is 5.75 Å². The zero-order valence-corrected chi connectivity index (χ0v) is 13.9. The molecule has 114 valence electrons. The third-order valence-corrected chi connectivity index (χ3v) is 4.58. The molecule has 2 N–H and O–H groups in total. The van der Waals surface area contributed by atoms with Crippen LogP contribution in [0.15, 0.2) is 18.2 Å². The van der Waals surface area contributed by atoms with Crippen molar-refractivity contribution in [1.29, 1.82) is 0 Å². The Morgan fingerprint density at radius 3 is 2.71 bits per heavy atom. The fourth-order valence-electron chi connectivity index (χ4n) is 2.34. The first kappa shape index (κ1) is 16.0. The normalized spacial score (nSPS) is 10.9. The summed E-state index contributed by atoms with van der Waals surface area (Å²) in [5, 5.41) is 1.13. The van der Waals surface area contributed by atoms with Crippen LogP contribution in [0.5, 0.6) is 5.75 Å². The smallest absolute Gasteiger partial charge is 0.122 e. The van der Waals surface area contributed by atoms with Gasteiger partial charge in [-0.3, -0.25) is 0 Å². The Kier molecular flexibility index (Phi) is 5.76. The number of ether oxygens (including phenoxy) is 1. The number of benzene rings is 1. The maximum atomic E-state index is 5.87. The fourth-order valence-corrected chi connectivity index (χ4v) is 3.32. The molecule has 2 rings (SSSR count). The summed E-state index contributed by atoms with van der Waals surface area (Å²) in [5.41, 5.74) is 9.40. The van der Waals surface area contributed by atoms with Crippen molar-refractivity contribution in [2.45, 2.75) is 46.6 Å². The van der Waals surface area contributed by atoms with Gasteiger partial charge in [-0.2, -0.15) is 0 Å². The second-order valence-electron chi connectivity index (χ2n) is 5.30. The van der Waals surface area contributed by atoms with Crippen molar-refractivity contribution >= 4 is 11.3 Å². The minimum atomic E-state index is 0.588. The van der Waals surface area contributed by atoms with Crippen LogP contribution in [-0.4, -0.2) is 11.6 Å². The van der Waals surface area contributed by atoms with Gasteiger partial charge in [0, 0.05) is 17.8 Å². The predicted octanol–water partition coefficient (Wildman–Crippen LogP) is 3.79. The Balaban J connectivity index is 1.94. The lowest BCUT2D eigenvalue weighted by Crippen LogP contribution is -2.02. The summed E-state index contributed by atoms with van der Waals surface area (Å²) in [6.45, 7) is 7.59. The number of aryl methyl sites for hydroxylation is 3. The lowest BCUT2D eigenvalue weighted by molar-refractivity contribution is 0.319. The molecule has 0 amide bonds. The zero-order chi connectivity index (χ0) is 15.2. The van der Waals surface area contributed by atoms with E-state index in [1.807, 2.05) is 6.07 Å². The molecule has 1 aromatic carbocycles. The van der Waals surface area contributed by atoms with Crippen molar-refractivity contribution in [3.8, 4) is 5.75 Å². The molecule has 4 heteroatoms. The van der Waals surface area contributed by atoms with Crippen LogP contribution in [0.1, 0.15) is 40.1 Å². The van der Waals surface area contributed by atoms with Crippen LogP contribution in [0, 0.1) is 13.8 Å². The number of hydrogen-bond acceptors (Lipinski definition) is 4. The van der Waals surface area contributed by atoms with Crippen LogP contribution in [0.25, 0.3) is 0 Å². The standard InChI is InChI=1S/C17H24N2OS/c1-4-5-14-16(11-18)21-17(19-14)8-9-20-15-7-6-12(2)10-13(15)3/h6-7,10H,4-5,8-9,11,18H2,1-3H3. The average molecular weight is 304 g/mol. The largest absolute Gasteiger partial charge is 0.493 e. The van der Waals surface area contributed by atoms with E-state index in [0.29, 0.717) is 13.2 Å². The van der Waals surface area contributed by atoms with Crippen LogP contribution in [0.2, 0.25) is 0 Å². The molecule has 2 aromatic rings. The van der Waals surface area contributed by atoms with E-state index < -0.39 is 0 Å². The topological polar surface area (TPSA) is 48.1 Å². The first-order chi connectivity index (χ1) is 10.1. The maximum absolute atomic E-state index is 5.87. The SMILES string of the molecule is CCCc1nc(CCOc2ccc(C)cc2C)sc1CN. The number of nitrogens with zero attached hydrogens (tertiary/aromatic N) is 1. The van der Waals surface area contributed by atoms with E-state index in [0.717, 1.165) is 30.0 Å². The molecular weight excluding hydrogens is 280 g/mol. The third-order valence-electron chi connectivity index (χ3n) is 3.40. The zero-order valence-electron chi connectivity index (χ0n) is 13.1. The van der Waals surface area contributed by atoms with Gasteiger partial charge in [-0.1, -0.05) is 31.0 Å². The van der Waals surface area contributed by atoms with Gasteiger partial charge < -0.3 is 10.5 Å². The van der Waals surface area contributed by atoms with E-state index in [9.17, 15) is 0 Å². The van der Waals surface area contributed by atoms with Crippen LogP contribution in [0.4, 0.5) is 0 Å². The van der Waals surface area contributed by atoms with Crippen LogP contribution in [0.3, 0.4) is 0 Å². The maximum Gasteiger partial charge on any atom is 0.122 e. The van der Waals surface area contributed by atoms with Gasteiger partial charge in [0.05, 0.1) is 17.3 Å². The number of thiazole rings is 1. The second-order valence-corrected chi connectivity index (χ2v) is 6.47. The quantitative estimate of drug-likeness (QED) is 0.846. The van der Waals surface area contributed by atoms with Crippen molar-refractivity contribution in [2.75, 3.05) is 6.61 Å². The first-order valence-electron chi connectivity index (χ1n) is 7.51. The fraction of sp³-hybridized carbons (Fsp3) is 0.471. The molecule has 0 spiro atoms. The molecule has 0 fully saturated rings. The van der Waals surface area contributed by atoms with E-state index in [1.165, 1.54) is 21.7 Å². The van der Waals surface area contributed by atoms with E-state index in [-0.39, 0.29) is 0 Å². The Labute approximate surface area is 131 Å². The van der Waals surface area contributed by atoms with Gasteiger partial charge >= 0.3 is 0 Å². The van der Waals surface area contributed by atoms with Crippen LogP contribution < -0.4 is 10.5 Å². The Hall–Kier alpha value is -1.39. The molecule has 0 unspecified atom stereocenters. The Bertz CT molecular complexity index is 592. The number of aromatic nitrogens is 1. The highest BCUT2D eigenvalue weighted by Gasteiger charge is 2.09. The third kappa shape index (κ3) is 4.29. The van der Waals surface area contributed by atoms with E-state index in [2.05, 4.69) is 32.9 Å². The highest BCUT2D eigenvalue weighted by molar-refractivity contribution is 7.11. The second kappa shape index (κ2) is 7.57. The van der Waals surface area contributed by atoms with Crippen LogP contribution in [-0.2, 0) is 19.4 Å². The molecule has 0 aliphatic carbocycles. The minimum Gasteiger partial charge on any atom is -0.493 e. The lowest BCUT2D eigenvalue weighted by Gasteiger charge is -2.08. The monoisotopic (exact) mass is 304 g/mol. The van der Waals surface area contributed by atoms with Crippen LogP contribution >= 0.6 is 11.3 Å². The van der Waals surface area contributed by atoms with Gasteiger partial charge in [0.15, 0.2) is 0 Å². The predicted molar refractivity (Wildman–Crippen MR) is 89.1 cm³/mol. The van der Waals surface area contributed by atoms with Crippen molar-refractivity contribution in [3.63, 3.8) is 0 Å². The molecule has 0 saturated heterocycles. The summed E-state index contributed by atoms with van der Waals surface area (Å²) in [6.07, 6.45) is 2.96. The van der Waals surface area contributed by atoms with Gasteiger partial charge in [-0.15, -0.1) is 11.3 Å². The number of hydrogen-bond donors (Lipinski definition) is 1. The summed E-state index contributed by atoms with van der Waals surface area (Å²) in [5.74, 6) is 0.963. The van der Waals surface area contributed by atoms with Crippen molar-refractivity contribution < 1.29 is 4.74 Å². The first-order valence-corrected chi connectivity index (χ1v) is 8.33. The van der Waals surface area contributed by atoms with E-state index in [1.54, 1.807) is 11.3 Å². The lowest BCUT2D eigenvalue weighted by atomic mass is 10.1. The number of nitrogens with two attached hydrogens (primary N) is 1. The Morgan fingerprint density at radius 2 is 2.05 bits per heavy atom. The molecule has 0 atom stereocenters. The average Bonchev–Trinajstić information content (AvgIpc) is 2.84. The molecule has 0 bridgehead atoms. The molecule has 21 heavy (non-hydrogen) atoms. The molecule has 3 nitrogen and oxygen atoms in total. The Morgan fingerprint density at radius 1 is 1.24 bits per heavy atom. The van der Waals surface area contributed by atoms with Crippen molar-refractivity contribution in [1.82, 2.24) is 4.98 Å². The van der Waals surface area contributed by atoms with Gasteiger partial charge in [-0.25, -0.2) is 4.98 Å². The van der Waals surface area contributed by atoms with Gasteiger partial charge in [0.2, 0.25) is 0 Å². The van der Waals surface area contributed by atoms with E-state index in [4.69, 9.17) is 15.5 Å². The molecule has 0 aliphatic heterocycles. The highest BCUT2D eigenvalue weighted by Crippen LogP contribution is 2.22. The molecule has 0 saturated carbocycles. The summed E-state index contributed by atoms with van der Waals surface area (Å²) >= 11 is 1.73. The molecule has 0 radical (unpaired) electrons. The molecule has 1 aromatic heterocycles. The summed E-state index contributed by atoms with van der Waals surface area (Å²) in [4.78, 5) is 5.92. The number of rotatable bonds is 7. The minimum absolute atomic E-state index is 0.588.